The summed E-state index contributed by atoms with van der Waals surface area (Å²) in [6.07, 6.45) is 2.10. The van der Waals surface area contributed by atoms with Crippen LogP contribution in [0.5, 0.6) is 0 Å². The highest BCUT2D eigenvalue weighted by molar-refractivity contribution is 5.91. The summed E-state index contributed by atoms with van der Waals surface area (Å²) in [7, 11) is 0. The highest BCUT2D eigenvalue weighted by atomic mass is 16.1. The Morgan fingerprint density at radius 1 is 1.12 bits per heavy atom. The van der Waals surface area contributed by atoms with E-state index in [0.29, 0.717) is 24.2 Å². The van der Waals surface area contributed by atoms with E-state index in [-0.39, 0.29) is 5.78 Å². The molecule has 0 radical (unpaired) electrons. The number of allylic oxidation sites excluding steroid dienone is 2. The highest BCUT2D eigenvalue weighted by Gasteiger charge is 1.96. The van der Waals surface area contributed by atoms with Gasteiger partial charge in [-0.1, -0.05) is 20.1 Å². The Morgan fingerprint density at radius 3 is 1.81 bits per heavy atom. The Hall–Kier alpha value is -1.40. The minimum Gasteiger partial charge on any atom is -0.300 e. The summed E-state index contributed by atoms with van der Waals surface area (Å²) < 4.78 is 0. The first kappa shape index (κ1) is 17.0. The minimum absolute atomic E-state index is 0.0648. The summed E-state index contributed by atoms with van der Waals surface area (Å²) in [6.45, 7) is 13.9. The summed E-state index contributed by atoms with van der Waals surface area (Å²) in [5.74, 6) is 0.379. The molecule has 0 bridgehead atoms. The van der Waals surface area contributed by atoms with Crippen LogP contribution >= 0.6 is 0 Å². The molecule has 0 saturated carbocycles. The van der Waals surface area contributed by atoms with Crippen LogP contribution in [-0.2, 0) is 9.59 Å². The number of hydrogen-bond acceptors (Lipinski definition) is 2. The fourth-order valence-electron chi connectivity index (χ4n) is 0.592. The van der Waals surface area contributed by atoms with Crippen molar-refractivity contribution in [2.75, 3.05) is 0 Å². The van der Waals surface area contributed by atoms with Crippen molar-refractivity contribution in [3.63, 3.8) is 0 Å². The molecular formula is C14H22O2. The number of carbonyl (C=O) groups excluding carboxylic acids is 2. The third-order valence-corrected chi connectivity index (χ3v) is 2.08. The molecule has 0 N–H and O–H groups in total. The molecule has 0 fully saturated rings. The maximum absolute atomic E-state index is 10.8. The van der Waals surface area contributed by atoms with E-state index in [1.165, 1.54) is 6.92 Å². The van der Waals surface area contributed by atoms with Gasteiger partial charge < -0.3 is 0 Å². The van der Waals surface area contributed by atoms with Gasteiger partial charge in [-0.2, -0.15) is 0 Å². The average molecular weight is 222 g/mol. The smallest absolute Gasteiger partial charge is 0.154 e. The van der Waals surface area contributed by atoms with Crippen LogP contribution in [0.4, 0.5) is 0 Å². The molecule has 0 saturated heterocycles. The molecule has 0 unspecified atom stereocenters. The first-order valence-electron chi connectivity index (χ1n) is 5.38. The second-order valence-corrected chi connectivity index (χ2v) is 3.69. The number of rotatable bonds is 5. The molecular weight excluding hydrogens is 200 g/mol. The first-order valence-corrected chi connectivity index (χ1v) is 5.38. The van der Waals surface area contributed by atoms with Crippen LogP contribution in [0.15, 0.2) is 30.0 Å². The van der Waals surface area contributed by atoms with Crippen molar-refractivity contribution >= 4 is 11.6 Å². The van der Waals surface area contributed by atoms with Gasteiger partial charge in [0.15, 0.2) is 5.78 Å². The van der Waals surface area contributed by atoms with Gasteiger partial charge in [0.1, 0.15) is 5.78 Å². The number of hydrogen-bond donors (Lipinski definition) is 0. The molecule has 0 aliphatic carbocycles. The fraction of sp³-hybridized carbons (Fsp3) is 0.500. The standard InChI is InChI=1S/C9H14O.C5H8O/c1-4-8(3)6-7-9(10)5-2;1-4(2)5(3)6/h1,5-7H2,2-3H3;1H2,2-3H3. The lowest BCUT2D eigenvalue weighted by Crippen LogP contribution is -1.93. The van der Waals surface area contributed by atoms with E-state index in [1.807, 2.05) is 13.8 Å². The molecule has 0 aromatic rings. The van der Waals surface area contributed by atoms with Gasteiger partial charge in [-0.05, 0) is 38.3 Å². The second kappa shape index (κ2) is 10.1. The lowest BCUT2D eigenvalue weighted by Gasteiger charge is -1.94. The van der Waals surface area contributed by atoms with Gasteiger partial charge in [-0.3, -0.25) is 9.59 Å². The van der Waals surface area contributed by atoms with Crippen molar-refractivity contribution in [1.82, 2.24) is 0 Å². The van der Waals surface area contributed by atoms with Crippen LogP contribution < -0.4 is 0 Å². The molecule has 0 heterocycles. The van der Waals surface area contributed by atoms with E-state index in [1.54, 1.807) is 6.92 Å². The van der Waals surface area contributed by atoms with Gasteiger partial charge in [0.2, 0.25) is 0 Å². The molecule has 0 aliphatic rings. The molecule has 0 rings (SSSR count). The molecule has 0 amide bonds. The Kier molecular flexibility index (Phi) is 10.8. The molecule has 16 heavy (non-hydrogen) atoms. The normalized spacial score (nSPS) is 8.25. The highest BCUT2D eigenvalue weighted by Crippen LogP contribution is 2.02. The van der Waals surface area contributed by atoms with Gasteiger partial charge in [0, 0.05) is 12.8 Å². The van der Waals surface area contributed by atoms with Crippen LogP contribution in [0.1, 0.15) is 47.0 Å². The Balaban J connectivity index is 0. The Labute approximate surface area is 98.7 Å². The summed E-state index contributed by atoms with van der Waals surface area (Å²) in [5, 5.41) is 0. The Morgan fingerprint density at radius 2 is 1.56 bits per heavy atom. The third-order valence-electron chi connectivity index (χ3n) is 2.08. The lowest BCUT2D eigenvalue weighted by atomic mass is 10.1. The molecule has 0 aliphatic heterocycles. The molecule has 0 spiro atoms. The predicted molar refractivity (Wildman–Crippen MR) is 68.4 cm³/mol. The molecule has 0 aromatic heterocycles. The van der Waals surface area contributed by atoms with Crippen molar-refractivity contribution in [3.05, 3.63) is 30.0 Å². The average Bonchev–Trinajstić information content (AvgIpc) is 2.25. The van der Waals surface area contributed by atoms with Crippen molar-refractivity contribution in [3.8, 4) is 0 Å². The van der Waals surface area contributed by atoms with Crippen molar-refractivity contribution in [1.29, 1.82) is 0 Å². The van der Waals surface area contributed by atoms with Crippen molar-refractivity contribution < 1.29 is 9.59 Å². The number of carbonyl (C=O) groups is 2. The topological polar surface area (TPSA) is 34.1 Å². The maximum atomic E-state index is 10.8. The largest absolute Gasteiger partial charge is 0.300 e. The van der Waals surface area contributed by atoms with Gasteiger partial charge in [-0.25, -0.2) is 0 Å². The maximum Gasteiger partial charge on any atom is 0.154 e. The zero-order chi connectivity index (χ0) is 13.1. The molecule has 0 aromatic carbocycles. The van der Waals surface area contributed by atoms with E-state index in [2.05, 4.69) is 18.9 Å². The summed E-state index contributed by atoms with van der Waals surface area (Å²) in [4.78, 5) is 20.8. The van der Waals surface area contributed by atoms with Crippen LogP contribution in [0.25, 0.3) is 0 Å². The molecule has 90 valence electrons. The number of ketones is 2. The van der Waals surface area contributed by atoms with E-state index in [9.17, 15) is 9.59 Å². The zero-order valence-electron chi connectivity index (χ0n) is 10.9. The third kappa shape index (κ3) is 12.6. The molecule has 0 atom stereocenters. The van der Waals surface area contributed by atoms with Crippen LogP contribution in [0, 0.1) is 0 Å². The minimum atomic E-state index is 0.0648. The van der Waals surface area contributed by atoms with Crippen molar-refractivity contribution in [2.45, 2.75) is 47.0 Å². The quantitative estimate of drug-likeness (QED) is 0.526. The summed E-state index contributed by atoms with van der Waals surface area (Å²) >= 11 is 0. The Bertz CT molecular complexity index is 293. The summed E-state index contributed by atoms with van der Waals surface area (Å²) in [6, 6.07) is 0. The fourth-order valence-corrected chi connectivity index (χ4v) is 0.592. The van der Waals surface area contributed by atoms with Crippen molar-refractivity contribution in [2.24, 2.45) is 0 Å². The zero-order valence-corrected chi connectivity index (χ0v) is 10.9. The van der Waals surface area contributed by atoms with Gasteiger partial charge in [-0.15, -0.1) is 5.73 Å². The second-order valence-electron chi connectivity index (χ2n) is 3.69. The molecule has 2 heteroatoms. The van der Waals surface area contributed by atoms with E-state index >= 15 is 0 Å². The lowest BCUT2D eigenvalue weighted by molar-refractivity contribution is -0.118. The predicted octanol–water partition coefficient (Wildman–Crippen LogP) is 3.63. The number of Topliss-reactive ketones (excluding diaryl/α,β-unsaturated/α-hetero) is 2. The van der Waals surface area contributed by atoms with E-state index in [0.717, 1.165) is 12.0 Å². The monoisotopic (exact) mass is 222 g/mol. The van der Waals surface area contributed by atoms with Crippen LogP contribution in [0.3, 0.4) is 0 Å². The SMILES string of the molecule is C=C(C)C(C)=O.C=C=C(C)CCC(=O)CC. The van der Waals surface area contributed by atoms with E-state index < -0.39 is 0 Å². The van der Waals surface area contributed by atoms with Gasteiger partial charge >= 0.3 is 0 Å². The first-order chi connectivity index (χ1) is 7.34. The van der Waals surface area contributed by atoms with Gasteiger partial charge in [0.05, 0.1) is 0 Å². The van der Waals surface area contributed by atoms with Crippen LogP contribution in [-0.4, -0.2) is 11.6 Å². The summed E-state index contributed by atoms with van der Waals surface area (Å²) in [5.41, 5.74) is 4.45. The van der Waals surface area contributed by atoms with Gasteiger partial charge in [0.25, 0.3) is 0 Å². The van der Waals surface area contributed by atoms with Crippen LogP contribution in [0.2, 0.25) is 0 Å². The molecule has 2 nitrogen and oxygen atoms in total. The van der Waals surface area contributed by atoms with E-state index in [4.69, 9.17) is 0 Å².